The van der Waals surface area contributed by atoms with Gasteiger partial charge in [0.2, 0.25) is 0 Å². The number of hydrogen-bond donors (Lipinski definition) is 0. The average Bonchev–Trinajstić information content (AvgIpc) is 3.82. The molecule has 0 fully saturated rings. The minimum Gasteiger partial charge on any atom is -0.456 e. The molecule has 9 aromatic rings. The summed E-state index contributed by atoms with van der Waals surface area (Å²) in [6.07, 6.45) is 4.68. The van der Waals surface area contributed by atoms with E-state index in [-0.39, 0.29) is 28.4 Å². The van der Waals surface area contributed by atoms with Crippen LogP contribution in [0.25, 0.3) is 22.3 Å². The van der Waals surface area contributed by atoms with Crippen molar-refractivity contribution in [1.82, 2.24) is 0 Å². The first kappa shape index (κ1) is 46.5. The van der Waals surface area contributed by atoms with Gasteiger partial charge in [0, 0.05) is 56.4 Å². The van der Waals surface area contributed by atoms with E-state index in [1.165, 1.54) is 102 Å². The van der Waals surface area contributed by atoms with E-state index in [1.54, 1.807) is 0 Å². The summed E-state index contributed by atoms with van der Waals surface area (Å²) in [5.41, 5.74) is 26.8. The first-order chi connectivity index (χ1) is 35.4. The van der Waals surface area contributed by atoms with Crippen LogP contribution in [0.5, 0.6) is 0 Å². The smallest absolute Gasteiger partial charge is 0.252 e. The highest BCUT2D eigenvalue weighted by Gasteiger charge is 2.47. The van der Waals surface area contributed by atoms with Gasteiger partial charge in [-0.2, -0.15) is 0 Å². The number of fused-ring (bicyclic) bond motifs is 7. The molecule has 5 heteroatoms. The van der Waals surface area contributed by atoms with E-state index in [2.05, 4.69) is 243 Å². The van der Waals surface area contributed by atoms with E-state index in [0.29, 0.717) is 0 Å². The van der Waals surface area contributed by atoms with Gasteiger partial charge in [-0.3, -0.25) is 0 Å². The summed E-state index contributed by atoms with van der Waals surface area (Å²) in [7, 11) is 0. The molecule has 368 valence electrons. The lowest BCUT2D eigenvalue weighted by Crippen LogP contribution is -2.62. The number of hydrogen-bond acceptors (Lipinski definition) is 4. The lowest BCUT2D eigenvalue weighted by molar-refractivity contribution is 0.332. The fraction of sp³-hybridized carbons (Fsp3) is 0.275. The molecule has 0 radical (unpaired) electrons. The van der Waals surface area contributed by atoms with Gasteiger partial charge >= 0.3 is 0 Å². The largest absolute Gasteiger partial charge is 0.456 e. The first-order valence-electron chi connectivity index (χ1n) is 27.1. The lowest BCUT2D eigenvalue weighted by atomic mass is 9.33. The summed E-state index contributed by atoms with van der Waals surface area (Å²) < 4.78 is 6.35. The standard InChI is InChI=1S/C69H68BN3O/c1-43-36-60-64-61(37-43)73(65-44(2)18-17-19-45(65)3)58-40-51(71(48-21-13-12-14-22-48)49-26-24-46(25-27-49)63-38-47-20-15-16-23-62(47)74-63)29-31-56(58)70(64)57-41-54-55(69(10,11)35-34-68(54,8)9)42-59(57)72(60)50-28-30-52-53(39-50)67(6,7)33-32-66(52,4)5/h12-31,36-42H,32-35H2,1-11H3. The zero-order valence-electron chi connectivity index (χ0n) is 45.2. The maximum atomic E-state index is 6.35. The third-order valence-corrected chi connectivity index (χ3v) is 18.0. The molecule has 0 N–H and O–H groups in total. The van der Waals surface area contributed by atoms with Crippen LogP contribution in [0.15, 0.2) is 168 Å². The maximum Gasteiger partial charge on any atom is 0.252 e. The predicted molar refractivity (Wildman–Crippen MR) is 315 cm³/mol. The number of para-hydroxylation sites is 3. The van der Waals surface area contributed by atoms with E-state index in [4.69, 9.17) is 4.42 Å². The van der Waals surface area contributed by atoms with Gasteiger partial charge < -0.3 is 19.1 Å². The minimum atomic E-state index is -0.0103. The van der Waals surface area contributed by atoms with E-state index < -0.39 is 0 Å². The fourth-order valence-electron chi connectivity index (χ4n) is 13.6. The Morgan fingerprint density at radius 1 is 0.446 bits per heavy atom. The van der Waals surface area contributed by atoms with Gasteiger partial charge in [-0.15, -0.1) is 0 Å². The normalized spacial score (nSPS) is 17.3. The van der Waals surface area contributed by atoms with Crippen molar-refractivity contribution in [2.75, 3.05) is 14.7 Å². The molecule has 0 bridgehead atoms. The molecule has 0 unspecified atom stereocenters. The molecule has 2 aliphatic carbocycles. The van der Waals surface area contributed by atoms with Crippen LogP contribution < -0.4 is 31.1 Å². The molecule has 4 nitrogen and oxygen atoms in total. The monoisotopic (exact) mass is 966 g/mol. The molecule has 1 aromatic heterocycles. The van der Waals surface area contributed by atoms with Gasteiger partial charge in [0.1, 0.15) is 11.3 Å². The van der Waals surface area contributed by atoms with Gasteiger partial charge in [-0.1, -0.05) is 128 Å². The van der Waals surface area contributed by atoms with Crippen LogP contribution in [0.1, 0.15) is 120 Å². The van der Waals surface area contributed by atoms with Crippen LogP contribution >= 0.6 is 0 Å². The van der Waals surface area contributed by atoms with Crippen LogP contribution in [-0.4, -0.2) is 6.71 Å². The molecule has 0 saturated carbocycles. The quantitative estimate of drug-likeness (QED) is 0.155. The number of aryl methyl sites for hydroxylation is 3. The highest BCUT2D eigenvalue weighted by Crippen LogP contribution is 2.53. The number of rotatable bonds is 6. The van der Waals surface area contributed by atoms with Crippen molar-refractivity contribution >= 4 is 85.3 Å². The Bertz CT molecular complexity index is 3690. The van der Waals surface area contributed by atoms with Gasteiger partial charge in [0.05, 0.1) is 5.69 Å². The summed E-state index contributed by atoms with van der Waals surface area (Å²) in [5.74, 6) is 0.870. The zero-order chi connectivity index (χ0) is 51.2. The number of anilines is 9. The van der Waals surface area contributed by atoms with Crippen LogP contribution in [0.3, 0.4) is 0 Å². The molecule has 3 heterocycles. The second kappa shape index (κ2) is 16.4. The molecular formula is C69H68BN3O. The Balaban J connectivity index is 1.07. The first-order valence-corrected chi connectivity index (χ1v) is 27.1. The van der Waals surface area contributed by atoms with E-state index in [0.717, 1.165) is 52.2 Å². The van der Waals surface area contributed by atoms with Crippen LogP contribution in [0, 0.1) is 20.8 Å². The van der Waals surface area contributed by atoms with Crippen LogP contribution in [-0.2, 0) is 21.7 Å². The van der Waals surface area contributed by atoms with Gasteiger partial charge in [-0.05, 0) is 214 Å². The van der Waals surface area contributed by atoms with Gasteiger partial charge in [0.15, 0.2) is 0 Å². The molecule has 74 heavy (non-hydrogen) atoms. The Labute approximate surface area is 439 Å². The summed E-state index contributed by atoms with van der Waals surface area (Å²) >= 11 is 0. The zero-order valence-corrected chi connectivity index (χ0v) is 45.2. The molecule has 13 rings (SSSR count). The molecule has 0 spiro atoms. The molecule has 8 aromatic carbocycles. The van der Waals surface area contributed by atoms with Crippen molar-refractivity contribution in [2.24, 2.45) is 0 Å². The Kier molecular flexibility index (Phi) is 10.3. The second-order valence-corrected chi connectivity index (χ2v) is 24.9. The van der Waals surface area contributed by atoms with Crippen molar-refractivity contribution < 1.29 is 4.42 Å². The minimum absolute atomic E-state index is 0.0103. The molecule has 0 saturated heterocycles. The lowest BCUT2D eigenvalue weighted by Gasteiger charge is -2.48. The molecular weight excluding hydrogens is 898 g/mol. The Morgan fingerprint density at radius 2 is 1.01 bits per heavy atom. The summed E-state index contributed by atoms with van der Waals surface area (Å²) in [4.78, 5) is 7.73. The van der Waals surface area contributed by atoms with Crippen LogP contribution in [0.2, 0.25) is 0 Å². The average molecular weight is 966 g/mol. The molecule has 0 atom stereocenters. The Morgan fingerprint density at radius 3 is 1.69 bits per heavy atom. The summed E-state index contributed by atoms with van der Waals surface area (Å²) in [6.45, 7) is 26.6. The van der Waals surface area contributed by atoms with Crippen LogP contribution in [0.4, 0.5) is 51.2 Å². The molecule has 2 aliphatic heterocycles. The van der Waals surface area contributed by atoms with Crippen molar-refractivity contribution in [3.63, 3.8) is 0 Å². The third-order valence-electron chi connectivity index (χ3n) is 18.0. The maximum absolute atomic E-state index is 6.35. The number of furan rings is 1. The highest BCUT2D eigenvalue weighted by molar-refractivity contribution is 7.00. The van der Waals surface area contributed by atoms with E-state index in [1.807, 2.05) is 12.1 Å². The third kappa shape index (κ3) is 7.16. The van der Waals surface area contributed by atoms with Gasteiger partial charge in [0.25, 0.3) is 6.71 Å². The van der Waals surface area contributed by atoms with Gasteiger partial charge in [-0.25, -0.2) is 0 Å². The van der Waals surface area contributed by atoms with E-state index in [9.17, 15) is 0 Å². The summed E-state index contributed by atoms with van der Waals surface area (Å²) in [5, 5.41) is 1.11. The second-order valence-electron chi connectivity index (χ2n) is 24.9. The highest BCUT2D eigenvalue weighted by atomic mass is 16.3. The Hall–Kier alpha value is -7.24. The molecule has 4 aliphatic rings. The molecule has 0 amide bonds. The van der Waals surface area contributed by atoms with E-state index >= 15 is 0 Å². The predicted octanol–water partition coefficient (Wildman–Crippen LogP) is 17.3. The topological polar surface area (TPSA) is 22.9 Å². The SMILES string of the molecule is Cc1cc2c3c(c1)N(c1c(C)cccc1C)c1cc(N(c4ccccc4)c4ccc(-c5cc6ccccc6o5)cc4)ccc1B3c1cc3c(cc1N2c1ccc2c(c1)C(C)(C)CCC2(C)C)C(C)(C)CCC3(C)C. The van der Waals surface area contributed by atoms with Crippen molar-refractivity contribution in [3.05, 3.63) is 203 Å². The van der Waals surface area contributed by atoms with Crippen molar-refractivity contribution in [1.29, 1.82) is 0 Å². The number of benzene rings is 8. The summed E-state index contributed by atoms with van der Waals surface area (Å²) in [6, 6.07) is 62.0. The fourth-order valence-corrected chi connectivity index (χ4v) is 13.6. The van der Waals surface area contributed by atoms with Crippen molar-refractivity contribution in [3.8, 4) is 11.3 Å². The van der Waals surface area contributed by atoms with Crippen molar-refractivity contribution in [2.45, 2.75) is 124 Å². The number of nitrogens with zero attached hydrogens (tertiary/aromatic N) is 3.